The van der Waals surface area contributed by atoms with Gasteiger partial charge in [-0.05, 0) is 32.3 Å². The van der Waals surface area contributed by atoms with Crippen molar-refractivity contribution in [2.45, 2.75) is 38.3 Å². The van der Waals surface area contributed by atoms with E-state index in [1.807, 2.05) is 19.1 Å². The number of ether oxygens (including phenoxy) is 1. The van der Waals surface area contributed by atoms with Gasteiger partial charge in [-0.3, -0.25) is 0 Å². The normalized spacial score (nSPS) is 26.4. The Morgan fingerprint density at radius 2 is 2.21 bits per heavy atom. The first-order valence-corrected chi connectivity index (χ1v) is 4.96. The molecule has 1 aromatic heterocycles. The fourth-order valence-corrected chi connectivity index (χ4v) is 1.70. The maximum absolute atomic E-state index is 5.79. The maximum atomic E-state index is 5.79. The molecule has 76 valence electrons. The van der Waals surface area contributed by atoms with Gasteiger partial charge < -0.3 is 10.5 Å². The second-order valence-electron chi connectivity index (χ2n) is 3.83. The van der Waals surface area contributed by atoms with Gasteiger partial charge in [-0.25, -0.2) is 0 Å². The Morgan fingerprint density at radius 1 is 1.36 bits per heavy atom. The van der Waals surface area contributed by atoms with E-state index in [2.05, 4.69) is 10.2 Å². The molecule has 14 heavy (non-hydrogen) atoms. The average molecular weight is 193 g/mol. The molecule has 0 aliphatic heterocycles. The summed E-state index contributed by atoms with van der Waals surface area (Å²) in [6.07, 6.45) is 3.22. The highest BCUT2D eigenvalue weighted by molar-refractivity contribution is 5.10. The molecule has 2 N–H and O–H groups in total. The third kappa shape index (κ3) is 2.20. The Balaban J connectivity index is 1.94. The third-order valence-electron chi connectivity index (χ3n) is 2.49. The molecule has 1 fully saturated rings. The van der Waals surface area contributed by atoms with Gasteiger partial charge in [-0.1, -0.05) is 0 Å². The summed E-state index contributed by atoms with van der Waals surface area (Å²) in [7, 11) is 0. The molecule has 0 aromatic carbocycles. The number of nitrogens with two attached hydrogens (primary N) is 1. The van der Waals surface area contributed by atoms with Crippen LogP contribution >= 0.6 is 0 Å². The van der Waals surface area contributed by atoms with Crippen LogP contribution in [0.1, 0.15) is 25.0 Å². The molecule has 0 spiro atoms. The summed E-state index contributed by atoms with van der Waals surface area (Å²) < 4.78 is 5.65. The van der Waals surface area contributed by atoms with E-state index < -0.39 is 0 Å². The quantitative estimate of drug-likeness (QED) is 0.762. The summed E-state index contributed by atoms with van der Waals surface area (Å²) in [5.74, 6) is 0.606. The molecule has 0 bridgehead atoms. The minimum absolute atomic E-state index is 0.224. The van der Waals surface area contributed by atoms with E-state index in [1.165, 1.54) is 0 Å². The topological polar surface area (TPSA) is 61.0 Å². The van der Waals surface area contributed by atoms with E-state index in [0.29, 0.717) is 11.9 Å². The van der Waals surface area contributed by atoms with Crippen LogP contribution in [0.15, 0.2) is 12.1 Å². The fourth-order valence-electron chi connectivity index (χ4n) is 1.70. The van der Waals surface area contributed by atoms with Crippen molar-refractivity contribution in [2.75, 3.05) is 0 Å². The van der Waals surface area contributed by atoms with Crippen molar-refractivity contribution in [3.63, 3.8) is 0 Å². The van der Waals surface area contributed by atoms with E-state index in [-0.39, 0.29) is 6.10 Å². The summed E-state index contributed by atoms with van der Waals surface area (Å²) in [6.45, 7) is 1.91. The van der Waals surface area contributed by atoms with E-state index in [1.54, 1.807) is 0 Å². The zero-order valence-corrected chi connectivity index (χ0v) is 8.31. The summed E-state index contributed by atoms with van der Waals surface area (Å²) in [5.41, 5.74) is 6.69. The first-order chi connectivity index (χ1) is 6.74. The molecule has 4 heteroatoms. The molecule has 2 unspecified atom stereocenters. The summed E-state index contributed by atoms with van der Waals surface area (Å²) in [6, 6.07) is 4.04. The number of aryl methyl sites for hydroxylation is 1. The molecule has 1 aromatic rings. The van der Waals surface area contributed by atoms with E-state index in [0.717, 1.165) is 25.0 Å². The molecule has 4 nitrogen and oxygen atoms in total. The van der Waals surface area contributed by atoms with Crippen LogP contribution in [0.5, 0.6) is 5.88 Å². The van der Waals surface area contributed by atoms with Gasteiger partial charge in [0.15, 0.2) is 0 Å². The lowest BCUT2D eigenvalue weighted by molar-refractivity contribution is 0.197. The number of hydrogen-bond donors (Lipinski definition) is 1. The van der Waals surface area contributed by atoms with Gasteiger partial charge in [0.1, 0.15) is 6.10 Å². The van der Waals surface area contributed by atoms with Gasteiger partial charge in [-0.15, -0.1) is 5.10 Å². The van der Waals surface area contributed by atoms with Crippen molar-refractivity contribution < 1.29 is 4.74 Å². The zero-order valence-electron chi connectivity index (χ0n) is 8.31. The van der Waals surface area contributed by atoms with Gasteiger partial charge in [-0.2, -0.15) is 5.10 Å². The molecule has 0 amide bonds. The number of rotatable bonds is 2. The minimum Gasteiger partial charge on any atom is -0.473 e. The lowest BCUT2D eigenvalue weighted by Gasteiger charge is -2.11. The van der Waals surface area contributed by atoms with Crippen LogP contribution in [0.3, 0.4) is 0 Å². The summed E-state index contributed by atoms with van der Waals surface area (Å²) in [4.78, 5) is 0. The molecule has 2 atom stereocenters. The van der Waals surface area contributed by atoms with Gasteiger partial charge in [0.2, 0.25) is 5.88 Å². The largest absolute Gasteiger partial charge is 0.473 e. The number of aromatic nitrogens is 2. The van der Waals surface area contributed by atoms with Crippen LogP contribution in [0.2, 0.25) is 0 Å². The molecular formula is C10H15N3O. The van der Waals surface area contributed by atoms with Gasteiger partial charge >= 0.3 is 0 Å². The molecule has 1 heterocycles. The average Bonchev–Trinajstić information content (AvgIpc) is 2.56. The summed E-state index contributed by atoms with van der Waals surface area (Å²) in [5, 5.41) is 7.89. The highest BCUT2D eigenvalue weighted by atomic mass is 16.5. The van der Waals surface area contributed by atoms with E-state index in [4.69, 9.17) is 10.5 Å². The molecule has 1 saturated carbocycles. The monoisotopic (exact) mass is 193 g/mol. The van der Waals surface area contributed by atoms with E-state index in [9.17, 15) is 0 Å². The zero-order chi connectivity index (χ0) is 9.97. The van der Waals surface area contributed by atoms with Crippen molar-refractivity contribution in [3.05, 3.63) is 17.8 Å². The predicted octanol–water partition coefficient (Wildman–Crippen LogP) is 1.04. The standard InChI is InChI=1S/C10H15N3O/c1-7-2-5-10(13-12-7)14-9-4-3-8(11)6-9/h2,5,8-9H,3-4,6,11H2,1H3. The van der Waals surface area contributed by atoms with Crippen molar-refractivity contribution in [2.24, 2.45) is 5.73 Å². The van der Waals surface area contributed by atoms with Gasteiger partial charge in [0, 0.05) is 12.1 Å². The van der Waals surface area contributed by atoms with Crippen LogP contribution < -0.4 is 10.5 Å². The maximum Gasteiger partial charge on any atom is 0.233 e. The Morgan fingerprint density at radius 3 is 2.79 bits per heavy atom. The Hall–Kier alpha value is -1.16. The Labute approximate surface area is 83.5 Å². The van der Waals surface area contributed by atoms with Crippen molar-refractivity contribution in [1.82, 2.24) is 10.2 Å². The van der Waals surface area contributed by atoms with Crippen molar-refractivity contribution in [3.8, 4) is 5.88 Å². The van der Waals surface area contributed by atoms with Crippen LogP contribution in [-0.4, -0.2) is 22.3 Å². The Kier molecular flexibility index (Phi) is 2.63. The van der Waals surface area contributed by atoms with E-state index >= 15 is 0 Å². The highest BCUT2D eigenvalue weighted by Crippen LogP contribution is 2.21. The second-order valence-corrected chi connectivity index (χ2v) is 3.83. The smallest absolute Gasteiger partial charge is 0.233 e. The number of hydrogen-bond acceptors (Lipinski definition) is 4. The lowest BCUT2D eigenvalue weighted by atomic mass is 10.3. The lowest BCUT2D eigenvalue weighted by Crippen LogP contribution is -2.19. The highest BCUT2D eigenvalue weighted by Gasteiger charge is 2.23. The molecule has 1 aliphatic rings. The number of nitrogens with zero attached hydrogens (tertiary/aromatic N) is 2. The minimum atomic E-state index is 0.224. The summed E-state index contributed by atoms with van der Waals surface area (Å²) >= 11 is 0. The van der Waals surface area contributed by atoms with Gasteiger partial charge in [0.05, 0.1) is 5.69 Å². The third-order valence-corrected chi connectivity index (χ3v) is 2.49. The fraction of sp³-hybridized carbons (Fsp3) is 0.600. The molecule has 2 rings (SSSR count). The van der Waals surface area contributed by atoms with Crippen molar-refractivity contribution >= 4 is 0 Å². The van der Waals surface area contributed by atoms with Crippen molar-refractivity contribution in [1.29, 1.82) is 0 Å². The molecule has 0 saturated heterocycles. The Bertz CT molecular complexity index is 299. The molecular weight excluding hydrogens is 178 g/mol. The molecule has 1 aliphatic carbocycles. The second kappa shape index (κ2) is 3.92. The first-order valence-electron chi connectivity index (χ1n) is 4.96. The van der Waals surface area contributed by atoms with Crippen LogP contribution in [0.25, 0.3) is 0 Å². The molecule has 0 radical (unpaired) electrons. The predicted molar refractivity (Wildman–Crippen MR) is 53.0 cm³/mol. The first kappa shape index (κ1) is 9.40. The van der Waals surface area contributed by atoms with Crippen LogP contribution in [0, 0.1) is 6.92 Å². The van der Waals surface area contributed by atoms with Gasteiger partial charge in [0.25, 0.3) is 0 Å². The van der Waals surface area contributed by atoms with Crippen LogP contribution in [0.4, 0.5) is 0 Å². The SMILES string of the molecule is Cc1ccc(OC2CCC(N)C2)nn1. The van der Waals surface area contributed by atoms with Crippen LogP contribution in [-0.2, 0) is 0 Å².